The summed E-state index contributed by atoms with van der Waals surface area (Å²) in [6.45, 7) is 0.834. The molecule has 1 aliphatic carbocycles. The van der Waals surface area contributed by atoms with Crippen molar-refractivity contribution in [3.8, 4) is 11.1 Å². The quantitative estimate of drug-likeness (QED) is 0.716. The highest BCUT2D eigenvalue weighted by Crippen LogP contribution is 2.44. The molecule has 0 bridgehead atoms. The van der Waals surface area contributed by atoms with Gasteiger partial charge in [-0.05, 0) is 40.3 Å². The number of amides is 1. The van der Waals surface area contributed by atoms with E-state index in [1.807, 2.05) is 48.5 Å². The van der Waals surface area contributed by atoms with E-state index in [0.717, 1.165) is 17.7 Å². The third-order valence-electron chi connectivity index (χ3n) is 6.05. The van der Waals surface area contributed by atoms with Crippen LogP contribution >= 0.6 is 0 Å². The van der Waals surface area contributed by atoms with Crippen molar-refractivity contribution in [2.24, 2.45) is 5.92 Å². The van der Waals surface area contributed by atoms with Gasteiger partial charge in [-0.25, -0.2) is 4.79 Å². The van der Waals surface area contributed by atoms with Crippen molar-refractivity contribution in [2.45, 2.75) is 12.3 Å². The van der Waals surface area contributed by atoms with Gasteiger partial charge in [0.25, 0.3) is 0 Å². The molecule has 0 radical (unpaired) electrons. The lowest BCUT2D eigenvalue weighted by Gasteiger charge is -2.33. The molecule has 0 saturated heterocycles. The minimum atomic E-state index is -0.350. The van der Waals surface area contributed by atoms with Crippen LogP contribution < -0.4 is 4.90 Å². The van der Waals surface area contributed by atoms with E-state index < -0.39 is 0 Å². The lowest BCUT2D eigenvalue weighted by molar-refractivity contribution is 0.146. The lowest BCUT2D eigenvalue weighted by Crippen LogP contribution is -2.41. The first-order chi connectivity index (χ1) is 14.3. The molecule has 1 N–H and O–H groups in total. The van der Waals surface area contributed by atoms with Crippen molar-refractivity contribution < 1.29 is 14.6 Å². The molecule has 1 aliphatic heterocycles. The second-order valence-corrected chi connectivity index (χ2v) is 7.80. The number of aliphatic hydroxyl groups is 1. The number of rotatable bonds is 3. The maximum atomic E-state index is 13.0. The van der Waals surface area contributed by atoms with Crippen LogP contribution in [0.5, 0.6) is 0 Å². The van der Waals surface area contributed by atoms with Crippen LogP contribution in [0.3, 0.4) is 0 Å². The Balaban J connectivity index is 1.39. The lowest BCUT2D eigenvalue weighted by atomic mass is 9.93. The normalized spacial score (nSPS) is 17.4. The minimum absolute atomic E-state index is 0.0328. The average molecular weight is 385 g/mol. The molecule has 3 aromatic carbocycles. The highest BCUT2D eigenvalue weighted by atomic mass is 16.6. The Morgan fingerprint density at radius 2 is 1.55 bits per heavy atom. The molecule has 1 unspecified atom stereocenters. The number of hydrogen-bond acceptors (Lipinski definition) is 3. The molecule has 0 spiro atoms. The van der Waals surface area contributed by atoms with E-state index in [-0.39, 0.29) is 24.5 Å². The molecule has 29 heavy (non-hydrogen) atoms. The van der Waals surface area contributed by atoms with Gasteiger partial charge in [-0.2, -0.15) is 0 Å². The van der Waals surface area contributed by atoms with Gasteiger partial charge in [-0.3, -0.25) is 4.90 Å². The first-order valence-electron chi connectivity index (χ1n) is 10.1. The van der Waals surface area contributed by atoms with Crippen LogP contribution in [0.25, 0.3) is 11.1 Å². The Kier molecular flexibility index (Phi) is 4.57. The van der Waals surface area contributed by atoms with Crippen molar-refractivity contribution in [3.05, 3.63) is 89.5 Å². The summed E-state index contributed by atoms with van der Waals surface area (Å²) in [5.74, 6) is 0.0744. The maximum absolute atomic E-state index is 13.0. The molecule has 0 saturated carbocycles. The molecule has 1 heterocycles. The molecule has 5 rings (SSSR count). The van der Waals surface area contributed by atoms with Crippen LogP contribution in [0.4, 0.5) is 10.5 Å². The van der Waals surface area contributed by atoms with Crippen LogP contribution in [0.1, 0.15) is 22.6 Å². The maximum Gasteiger partial charge on any atom is 0.414 e. The van der Waals surface area contributed by atoms with Crippen molar-refractivity contribution >= 4 is 11.8 Å². The van der Waals surface area contributed by atoms with Crippen molar-refractivity contribution in [1.29, 1.82) is 0 Å². The molecule has 4 heteroatoms. The summed E-state index contributed by atoms with van der Waals surface area (Å²) in [4.78, 5) is 14.7. The van der Waals surface area contributed by atoms with Crippen molar-refractivity contribution in [2.75, 3.05) is 24.7 Å². The number of hydrogen-bond donors (Lipinski definition) is 1. The second-order valence-electron chi connectivity index (χ2n) is 7.80. The summed E-state index contributed by atoms with van der Waals surface area (Å²) >= 11 is 0. The van der Waals surface area contributed by atoms with Gasteiger partial charge in [0, 0.05) is 25.0 Å². The fourth-order valence-corrected chi connectivity index (χ4v) is 4.65. The van der Waals surface area contributed by atoms with Crippen molar-refractivity contribution in [3.63, 3.8) is 0 Å². The van der Waals surface area contributed by atoms with Crippen LogP contribution in [0.15, 0.2) is 72.8 Å². The summed E-state index contributed by atoms with van der Waals surface area (Å²) in [6.07, 6.45) is 0.428. The Hall–Kier alpha value is -3.11. The number of ether oxygens (including phenoxy) is 1. The number of fused-ring (bicyclic) bond motifs is 4. The number of carbonyl (C=O) groups excluding carboxylic acids is 1. The van der Waals surface area contributed by atoms with Gasteiger partial charge in [0.1, 0.15) is 6.61 Å². The summed E-state index contributed by atoms with van der Waals surface area (Å²) < 4.78 is 5.83. The summed E-state index contributed by atoms with van der Waals surface area (Å²) in [7, 11) is 0. The Morgan fingerprint density at radius 1 is 0.931 bits per heavy atom. The topological polar surface area (TPSA) is 49.8 Å². The van der Waals surface area contributed by atoms with Crippen LogP contribution in [-0.4, -0.2) is 31.0 Å². The number of nitrogens with zero attached hydrogens (tertiary/aromatic N) is 1. The standard InChI is InChI=1S/C25H23NO3/c27-15-17-13-18-7-1-6-12-24(18)26(14-17)25(28)29-16-23-21-10-4-2-8-19(21)20-9-3-5-11-22(20)23/h1-12,17,23,27H,13-16H2. The Bertz CT molecular complexity index is 1020. The average Bonchev–Trinajstić information content (AvgIpc) is 3.10. The fraction of sp³-hybridized carbons (Fsp3) is 0.240. The Labute approximate surface area is 170 Å². The van der Waals surface area contributed by atoms with Crippen LogP contribution in [0.2, 0.25) is 0 Å². The fourth-order valence-electron chi connectivity index (χ4n) is 4.65. The number of anilines is 1. The highest BCUT2D eigenvalue weighted by molar-refractivity contribution is 5.89. The summed E-state index contributed by atoms with van der Waals surface area (Å²) in [5.41, 5.74) is 6.80. The molecule has 2 aliphatic rings. The van der Waals surface area contributed by atoms with E-state index in [1.54, 1.807) is 4.90 Å². The monoisotopic (exact) mass is 385 g/mol. The number of carbonyl (C=O) groups is 1. The van der Waals surface area contributed by atoms with E-state index >= 15 is 0 Å². The Morgan fingerprint density at radius 3 is 2.24 bits per heavy atom. The molecule has 1 atom stereocenters. The van der Waals surface area contributed by atoms with E-state index in [9.17, 15) is 9.90 Å². The zero-order chi connectivity index (χ0) is 19.8. The number of aliphatic hydroxyl groups excluding tert-OH is 1. The minimum Gasteiger partial charge on any atom is -0.448 e. The van der Waals surface area contributed by atoms with E-state index in [1.165, 1.54) is 22.3 Å². The summed E-state index contributed by atoms with van der Waals surface area (Å²) in [6, 6.07) is 24.5. The molecule has 0 aromatic heterocycles. The van der Waals surface area contributed by atoms with Gasteiger partial charge in [0.15, 0.2) is 0 Å². The van der Waals surface area contributed by atoms with E-state index in [0.29, 0.717) is 13.2 Å². The third-order valence-corrected chi connectivity index (χ3v) is 6.05. The third kappa shape index (κ3) is 3.10. The molecule has 146 valence electrons. The van der Waals surface area contributed by atoms with E-state index in [4.69, 9.17) is 4.74 Å². The molecule has 3 aromatic rings. The SMILES string of the molecule is O=C(OCC1c2ccccc2-c2ccccc21)N1CC(CO)Cc2ccccc21. The second kappa shape index (κ2) is 7.37. The van der Waals surface area contributed by atoms with E-state index in [2.05, 4.69) is 24.3 Å². The van der Waals surface area contributed by atoms with Gasteiger partial charge in [-0.15, -0.1) is 0 Å². The number of benzene rings is 3. The summed E-state index contributed by atoms with van der Waals surface area (Å²) in [5, 5.41) is 9.66. The molecule has 4 nitrogen and oxygen atoms in total. The smallest absolute Gasteiger partial charge is 0.414 e. The predicted octanol–water partition coefficient (Wildman–Crippen LogP) is 4.61. The molecule has 0 fully saturated rings. The zero-order valence-electron chi connectivity index (χ0n) is 16.1. The van der Waals surface area contributed by atoms with Gasteiger partial charge in [-0.1, -0.05) is 66.7 Å². The van der Waals surface area contributed by atoms with Gasteiger partial charge in [0.05, 0.1) is 5.69 Å². The first-order valence-corrected chi connectivity index (χ1v) is 10.1. The van der Waals surface area contributed by atoms with Gasteiger partial charge >= 0.3 is 6.09 Å². The molecular formula is C25H23NO3. The van der Waals surface area contributed by atoms with Gasteiger partial charge < -0.3 is 9.84 Å². The predicted molar refractivity (Wildman–Crippen MR) is 113 cm³/mol. The van der Waals surface area contributed by atoms with Crippen molar-refractivity contribution in [1.82, 2.24) is 0 Å². The number of para-hydroxylation sites is 1. The molecular weight excluding hydrogens is 362 g/mol. The highest BCUT2D eigenvalue weighted by Gasteiger charge is 2.32. The zero-order valence-corrected chi connectivity index (χ0v) is 16.1. The largest absolute Gasteiger partial charge is 0.448 e. The first kappa shape index (κ1) is 18.0. The van der Waals surface area contributed by atoms with Crippen LogP contribution in [-0.2, 0) is 11.2 Å². The molecule has 1 amide bonds. The van der Waals surface area contributed by atoms with Crippen LogP contribution in [0, 0.1) is 5.92 Å². The van der Waals surface area contributed by atoms with Gasteiger partial charge in [0.2, 0.25) is 0 Å².